The van der Waals surface area contributed by atoms with E-state index in [1.54, 1.807) is 19.1 Å². The molecule has 3 aromatic rings. The number of nitrogens with zero attached hydrogens (tertiary/aromatic N) is 3. The molecule has 1 aliphatic rings. The Hall–Kier alpha value is -2.71. The fourth-order valence-electron chi connectivity index (χ4n) is 4.47. The number of halogens is 1. The van der Waals surface area contributed by atoms with Gasteiger partial charge in [-0.1, -0.05) is 31.5 Å². The molecule has 2 aromatic heterocycles. The molecule has 0 aliphatic carbocycles. The van der Waals surface area contributed by atoms with Crippen LogP contribution in [0.15, 0.2) is 29.3 Å². The second kappa shape index (κ2) is 9.27. The maximum absolute atomic E-state index is 13.2. The third-order valence-corrected chi connectivity index (χ3v) is 7.63. The molecular formula is C24H27ClN4O3S. The topological polar surface area (TPSA) is 84.3 Å². The highest BCUT2D eigenvalue weighted by Crippen LogP contribution is 2.30. The number of hydrogen-bond acceptors (Lipinski definition) is 5. The zero-order chi connectivity index (χ0) is 23.9. The molecule has 33 heavy (non-hydrogen) atoms. The van der Waals surface area contributed by atoms with E-state index < -0.39 is 0 Å². The Labute approximate surface area is 201 Å². The number of rotatable bonds is 4. The molecule has 1 aromatic carbocycles. The number of piperidine rings is 1. The molecule has 7 nitrogen and oxygen atoms in total. The van der Waals surface area contributed by atoms with Gasteiger partial charge in [0.15, 0.2) is 0 Å². The zero-order valence-corrected chi connectivity index (χ0v) is 20.7. The van der Waals surface area contributed by atoms with Crippen LogP contribution < -0.4 is 10.9 Å². The van der Waals surface area contributed by atoms with Crippen LogP contribution in [0.1, 0.15) is 41.1 Å². The minimum Gasteiger partial charge on any atom is -0.337 e. The van der Waals surface area contributed by atoms with E-state index in [4.69, 9.17) is 11.6 Å². The predicted molar refractivity (Wildman–Crippen MR) is 132 cm³/mol. The van der Waals surface area contributed by atoms with Crippen LogP contribution in [0.5, 0.6) is 0 Å². The van der Waals surface area contributed by atoms with E-state index in [1.165, 1.54) is 22.2 Å². The molecule has 9 heteroatoms. The summed E-state index contributed by atoms with van der Waals surface area (Å²) in [6.07, 6.45) is 2.47. The Morgan fingerprint density at radius 2 is 1.91 bits per heavy atom. The first-order chi connectivity index (χ1) is 15.6. The minimum absolute atomic E-state index is 0.0474. The lowest BCUT2D eigenvalue weighted by atomic mass is 9.92. The summed E-state index contributed by atoms with van der Waals surface area (Å²) in [6, 6.07) is 5.24. The Kier molecular flexibility index (Phi) is 6.59. The van der Waals surface area contributed by atoms with Crippen molar-refractivity contribution in [3.05, 3.63) is 55.9 Å². The first-order valence-corrected chi connectivity index (χ1v) is 12.2. The number of amides is 2. The monoisotopic (exact) mass is 486 g/mol. The molecule has 0 bridgehead atoms. The third-order valence-electron chi connectivity index (χ3n) is 6.04. The Morgan fingerprint density at radius 1 is 1.21 bits per heavy atom. The average Bonchev–Trinajstić information content (AvgIpc) is 3.08. The van der Waals surface area contributed by atoms with Gasteiger partial charge in [-0.2, -0.15) is 0 Å². The van der Waals surface area contributed by atoms with E-state index in [2.05, 4.69) is 24.1 Å². The van der Waals surface area contributed by atoms with E-state index in [1.807, 2.05) is 17.9 Å². The number of aromatic nitrogens is 2. The summed E-state index contributed by atoms with van der Waals surface area (Å²) < 4.78 is 1.27. The number of hydrogen-bond donors (Lipinski definition) is 1. The number of aryl methyl sites for hydroxylation is 2. The molecule has 1 saturated heterocycles. The largest absolute Gasteiger partial charge is 0.337 e. The lowest BCUT2D eigenvalue weighted by molar-refractivity contribution is -0.116. The van der Waals surface area contributed by atoms with Crippen LogP contribution in [-0.2, 0) is 11.3 Å². The van der Waals surface area contributed by atoms with Crippen molar-refractivity contribution in [1.29, 1.82) is 0 Å². The number of nitrogens with one attached hydrogen (secondary N) is 1. The first kappa shape index (κ1) is 23.4. The van der Waals surface area contributed by atoms with Crippen LogP contribution in [-0.4, -0.2) is 39.4 Å². The molecule has 1 aliphatic heterocycles. The Balaban J connectivity index is 1.58. The zero-order valence-electron chi connectivity index (χ0n) is 19.1. The first-order valence-electron chi connectivity index (χ1n) is 11.0. The highest BCUT2D eigenvalue weighted by molar-refractivity contribution is 7.20. The number of thiophene rings is 1. The van der Waals surface area contributed by atoms with Gasteiger partial charge in [0, 0.05) is 23.8 Å². The number of benzene rings is 1. The number of anilines is 1. The van der Waals surface area contributed by atoms with Gasteiger partial charge in [-0.15, -0.1) is 11.3 Å². The van der Waals surface area contributed by atoms with Gasteiger partial charge in [0.05, 0.1) is 16.6 Å². The molecule has 1 fully saturated rings. The summed E-state index contributed by atoms with van der Waals surface area (Å²) in [4.78, 5) is 46.2. The van der Waals surface area contributed by atoms with Gasteiger partial charge in [-0.3, -0.25) is 19.0 Å². The second-order valence-electron chi connectivity index (χ2n) is 9.08. The van der Waals surface area contributed by atoms with Gasteiger partial charge >= 0.3 is 0 Å². The van der Waals surface area contributed by atoms with Crippen LogP contribution in [0, 0.1) is 25.7 Å². The maximum Gasteiger partial charge on any atom is 0.264 e. The summed E-state index contributed by atoms with van der Waals surface area (Å²) >= 11 is 7.36. The standard InChI is InChI=1S/C24H27ClN4O3S/c1-13-7-14(2)10-28(9-13)24(32)21-16(4)20-22(33-21)26-12-29(23(20)31)11-19(30)27-17-6-5-15(3)18(25)8-17/h5-6,8,12-14H,7,9-11H2,1-4H3,(H,27,30)/t13-,14+. The molecule has 2 atom stereocenters. The summed E-state index contributed by atoms with van der Waals surface area (Å²) in [5, 5.41) is 3.70. The number of fused-ring (bicyclic) bond motifs is 1. The van der Waals surface area contributed by atoms with Gasteiger partial charge in [0.1, 0.15) is 11.4 Å². The van der Waals surface area contributed by atoms with Crippen molar-refractivity contribution >= 4 is 50.7 Å². The normalized spacial score (nSPS) is 18.5. The highest BCUT2D eigenvalue weighted by atomic mass is 35.5. The molecule has 174 valence electrons. The van der Waals surface area contributed by atoms with Crippen LogP contribution in [0.2, 0.25) is 5.02 Å². The second-order valence-corrected chi connectivity index (χ2v) is 10.5. The number of likely N-dealkylation sites (tertiary alicyclic amines) is 1. The minimum atomic E-state index is -0.362. The van der Waals surface area contributed by atoms with Crippen molar-refractivity contribution in [2.24, 2.45) is 11.8 Å². The lowest BCUT2D eigenvalue weighted by Gasteiger charge is -2.34. The fraction of sp³-hybridized carbons (Fsp3) is 0.417. The van der Waals surface area contributed by atoms with E-state index in [0.29, 0.717) is 43.2 Å². The molecule has 3 heterocycles. The molecule has 1 N–H and O–H groups in total. The van der Waals surface area contributed by atoms with E-state index >= 15 is 0 Å². The van der Waals surface area contributed by atoms with Gasteiger partial charge in [0.2, 0.25) is 5.91 Å². The Morgan fingerprint density at radius 3 is 2.58 bits per heavy atom. The molecule has 0 saturated carbocycles. The van der Waals surface area contributed by atoms with E-state index in [0.717, 1.165) is 25.1 Å². The molecule has 0 spiro atoms. The summed E-state index contributed by atoms with van der Waals surface area (Å²) in [6.45, 7) is 9.23. The molecular weight excluding hydrogens is 460 g/mol. The van der Waals surface area contributed by atoms with Crippen molar-refractivity contribution in [2.45, 2.75) is 40.7 Å². The quantitative estimate of drug-likeness (QED) is 0.589. The number of carbonyl (C=O) groups excluding carboxylic acids is 2. The molecule has 4 rings (SSSR count). The van der Waals surface area contributed by atoms with Gasteiger partial charge in [-0.25, -0.2) is 4.98 Å². The lowest BCUT2D eigenvalue weighted by Crippen LogP contribution is -2.42. The Bertz CT molecular complexity index is 1290. The van der Waals surface area contributed by atoms with Crippen LogP contribution in [0.3, 0.4) is 0 Å². The van der Waals surface area contributed by atoms with Gasteiger partial charge in [-0.05, 0) is 55.4 Å². The van der Waals surface area contributed by atoms with Crippen molar-refractivity contribution in [3.8, 4) is 0 Å². The summed E-state index contributed by atoms with van der Waals surface area (Å²) in [7, 11) is 0. The smallest absolute Gasteiger partial charge is 0.264 e. The third kappa shape index (κ3) is 4.82. The number of carbonyl (C=O) groups is 2. The molecule has 0 radical (unpaired) electrons. The van der Waals surface area contributed by atoms with Crippen molar-refractivity contribution in [2.75, 3.05) is 18.4 Å². The fourth-order valence-corrected chi connectivity index (χ4v) is 5.76. The molecule has 0 unspecified atom stereocenters. The van der Waals surface area contributed by atoms with Crippen molar-refractivity contribution in [1.82, 2.24) is 14.5 Å². The maximum atomic E-state index is 13.2. The van der Waals surface area contributed by atoms with Crippen LogP contribution in [0.4, 0.5) is 5.69 Å². The van der Waals surface area contributed by atoms with E-state index in [-0.39, 0.29) is 23.9 Å². The predicted octanol–water partition coefficient (Wildman–Crippen LogP) is 4.49. The van der Waals surface area contributed by atoms with Crippen LogP contribution >= 0.6 is 22.9 Å². The van der Waals surface area contributed by atoms with Crippen molar-refractivity contribution in [3.63, 3.8) is 0 Å². The average molecular weight is 487 g/mol. The summed E-state index contributed by atoms with van der Waals surface area (Å²) in [5.41, 5.74) is 1.77. The molecule has 2 amide bonds. The highest BCUT2D eigenvalue weighted by Gasteiger charge is 2.29. The SMILES string of the molecule is Cc1ccc(NC(=O)Cn2cnc3sc(C(=O)N4C[C@H](C)C[C@H](C)C4)c(C)c3c2=O)cc1Cl. The van der Waals surface area contributed by atoms with Crippen LogP contribution in [0.25, 0.3) is 10.2 Å². The summed E-state index contributed by atoms with van der Waals surface area (Å²) in [5.74, 6) is 0.488. The van der Waals surface area contributed by atoms with Crippen molar-refractivity contribution < 1.29 is 9.59 Å². The van der Waals surface area contributed by atoms with Gasteiger partial charge < -0.3 is 10.2 Å². The van der Waals surface area contributed by atoms with Gasteiger partial charge in [0.25, 0.3) is 11.5 Å². The van der Waals surface area contributed by atoms with E-state index in [9.17, 15) is 14.4 Å².